The molecular formula is C24H27F3N2O5. The van der Waals surface area contributed by atoms with Crippen LogP contribution in [0.3, 0.4) is 0 Å². The maximum absolute atomic E-state index is 12.8. The van der Waals surface area contributed by atoms with E-state index in [2.05, 4.69) is 5.32 Å². The molecule has 2 amide bonds. The molecule has 0 unspecified atom stereocenters. The fourth-order valence-electron chi connectivity index (χ4n) is 3.40. The molecule has 1 atom stereocenters. The van der Waals surface area contributed by atoms with Crippen LogP contribution in [-0.4, -0.2) is 55.9 Å². The Kier molecular flexibility index (Phi) is 9.29. The topological polar surface area (TPSA) is 77.1 Å². The number of rotatable bonds is 9. The van der Waals surface area contributed by atoms with Gasteiger partial charge in [-0.25, -0.2) is 4.79 Å². The molecule has 0 aromatic heterocycles. The van der Waals surface area contributed by atoms with Crippen LogP contribution < -0.4 is 5.32 Å². The Hall–Kier alpha value is -3.11. The second kappa shape index (κ2) is 12.4. The van der Waals surface area contributed by atoms with Crippen molar-refractivity contribution in [1.82, 2.24) is 10.2 Å². The molecule has 1 aliphatic rings. The van der Waals surface area contributed by atoms with Crippen molar-refractivity contribution in [2.45, 2.75) is 31.9 Å². The van der Waals surface area contributed by atoms with Crippen LogP contribution in [0.25, 0.3) is 0 Å². The number of alkyl carbamates (subject to hydrolysis) is 1. The fourth-order valence-corrected chi connectivity index (χ4v) is 3.40. The van der Waals surface area contributed by atoms with E-state index >= 15 is 0 Å². The van der Waals surface area contributed by atoms with Crippen molar-refractivity contribution in [3.8, 4) is 0 Å². The summed E-state index contributed by atoms with van der Waals surface area (Å²) < 4.78 is 54.7. The third-order valence-corrected chi connectivity index (χ3v) is 5.14. The molecule has 7 nitrogen and oxygen atoms in total. The minimum atomic E-state index is -4.41. The van der Waals surface area contributed by atoms with Crippen molar-refractivity contribution in [1.29, 1.82) is 0 Å². The number of nitrogens with one attached hydrogen (secondary N) is 1. The first kappa shape index (κ1) is 25.5. The van der Waals surface area contributed by atoms with E-state index in [9.17, 15) is 22.8 Å². The zero-order chi connectivity index (χ0) is 24.4. The largest absolute Gasteiger partial charge is 0.445 e. The van der Waals surface area contributed by atoms with Gasteiger partial charge in [0.15, 0.2) is 0 Å². The second-order valence-electron chi connectivity index (χ2n) is 7.78. The van der Waals surface area contributed by atoms with Crippen molar-refractivity contribution in [3.05, 3.63) is 71.3 Å². The molecule has 1 N–H and O–H groups in total. The quantitative estimate of drug-likeness (QED) is 0.592. The molecular weight excluding hydrogens is 453 g/mol. The van der Waals surface area contributed by atoms with Crippen LogP contribution >= 0.6 is 0 Å². The Morgan fingerprint density at radius 2 is 1.82 bits per heavy atom. The highest BCUT2D eigenvalue weighted by Crippen LogP contribution is 2.29. The number of hydrogen-bond acceptors (Lipinski definition) is 5. The number of benzene rings is 2. The van der Waals surface area contributed by atoms with Gasteiger partial charge in [0.1, 0.15) is 6.61 Å². The van der Waals surface area contributed by atoms with E-state index < -0.39 is 17.8 Å². The average Bonchev–Trinajstić information content (AvgIpc) is 2.83. The normalized spacial score (nSPS) is 16.2. The van der Waals surface area contributed by atoms with Gasteiger partial charge in [0.2, 0.25) is 5.91 Å². The zero-order valence-electron chi connectivity index (χ0n) is 18.6. The molecule has 0 spiro atoms. The number of halogens is 3. The molecule has 3 rings (SSSR count). The van der Waals surface area contributed by atoms with E-state index in [0.717, 1.165) is 17.7 Å². The summed E-state index contributed by atoms with van der Waals surface area (Å²) in [5.74, 6) is -0.144. The Bertz CT molecular complexity index is 940. The molecule has 0 saturated carbocycles. The Morgan fingerprint density at radius 3 is 2.59 bits per heavy atom. The number of morpholine rings is 1. The molecule has 1 saturated heterocycles. The lowest BCUT2D eigenvalue weighted by atomic mass is 10.1. The summed E-state index contributed by atoms with van der Waals surface area (Å²) in [6, 6.07) is 14.2. The molecule has 1 heterocycles. The van der Waals surface area contributed by atoms with E-state index in [1.807, 2.05) is 30.3 Å². The first-order valence-corrected chi connectivity index (χ1v) is 10.9. The number of alkyl halides is 3. The fraction of sp³-hybridized carbons (Fsp3) is 0.417. The Labute approximate surface area is 195 Å². The van der Waals surface area contributed by atoms with Gasteiger partial charge in [-0.15, -0.1) is 0 Å². The van der Waals surface area contributed by atoms with Crippen LogP contribution in [0.4, 0.5) is 18.0 Å². The van der Waals surface area contributed by atoms with E-state index in [1.54, 1.807) is 11.0 Å². The highest BCUT2D eigenvalue weighted by atomic mass is 19.4. The summed E-state index contributed by atoms with van der Waals surface area (Å²) in [6.45, 7) is 1.49. The van der Waals surface area contributed by atoms with Crippen LogP contribution in [0.2, 0.25) is 0 Å². The van der Waals surface area contributed by atoms with Gasteiger partial charge in [0.05, 0.1) is 31.5 Å². The third kappa shape index (κ3) is 8.35. The molecule has 2 aromatic carbocycles. The van der Waals surface area contributed by atoms with Crippen LogP contribution in [0.5, 0.6) is 0 Å². The molecule has 0 radical (unpaired) electrons. The maximum Gasteiger partial charge on any atom is 0.416 e. The van der Waals surface area contributed by atoms with Crippen LogP contribution in [0.1, 0.15) is 23.1 Å². The minimum absolute atomic E-state index is 0.00669. The van der Waals surface area contributed by atoms with Crippen molar-refractivity contribution >= 4 is 12.0 Å². The summed E-state index contributed by atoms with van der Waals surface area (Å²) in [5.41, 5.74) is 0.545. The summed E-state index contributed by atoms with van der Waals surface area (Å²) in [7, 11) is 0. The van der Waals surface area contributed by atoms with Gasteiger partial charge >= 0.3 is 12.3 Å². The lowest BCUT2D eigenvalue weighted by Gasteiger charge is -2.33. The third-order valence-electron chi connectivity index (χ3n) is 5.14. The van der Waals surface area contributed by atoms with E-state index in [-0.39, 0.29) is 44.8 Å². The average molecular weight is 480 g/mol. The molecule has 0 aliphatic carbocycles. The smallest absolute Gasteiger partial charge is 0.416 e. The zero-order valence-corrected chi connectivity index (χ0v) is 18.6. The van der Waals surface area contributed by atoms with Gasteiger partial charge in [-0.3, -0.25) is 4.79 Å². The van der Waals surface area contributed by atoms with Crippen molar-refractivity contribution in [2.75, 3.05) is 32.8 Å². The van der Waals surface area contributed by atoms with Crippen molar-refractivity contribution < 1.29 is 37.0 Å². The molecule has 2 aromatic rings. The minimum Gasteiger partial charge on any atom is -0.445 e. The number of nitrogens with zero attached hydrogens (tertiary/aromatic N) is 1. The molecule has 0 bridgehead atoms. The maximum atomic E-state index is 12.8. The van der Waals surface area contributed by atoms with Crippen molar-refractivity contribution in [3.63, 3.8) is 0 Å². The number of amides is 2. The van der Waals surface area contributed by atoms with Gasteiger partial charge in [-0.05, 0) is 23.3 Å². The van der Waals surface area contributed by atoms with Crippen LogP contribution in [0, 0.1) is 0 Å². The predicted octanol–water partition coefficient (Wildman–Crippen LogP) is 3.77. The molecule has 10 heteroatoms. The Morgan fingerprint density at radius 1 is 1.06 bits per heavy atom. The summed E-state index contributed by atoms with van der Waals surface area (Å²) in [6.07, 6.45) is -5.28. The molecule has 1 fully saturated rings. The lowest BCUT2D eigenvalue weighted by Crippen LogP contribution is -2.47. The molecule has 1 aliphatic heterocycles. The highest BCUT2D eigenvalue weighted by molar-refractivity contribution is 5.77. The van der Waals surface area contributed by atoms with Crippen molar-refractivity contribution in [2.24, 2.45) is 0 Å². The lowest BCUT2D eigenvalue weighted by molar-refractivity contribution is -0.141. The van der Waals surface area contributed by atoms with Gasteiger partial charge in [0, 0.05) is 26.1 Å². The van der Waals surface area contributed by atoms with Crippen LogP contribution in [-0.2, 0) is 38.4 Å². The first-order chi connectivity index (χ1) is 16.3. The second-order valence-corrected chi connectivity index (χ2v) is 7.78. The van der Waals surface area contributed by atoms with Crippen LogP contribution in [0.15, 0.2) is 54.6 Å². The van der Waals surface area contributed by atoms with Gasteiger partial charge in [0.25, 0.3) is 0 Å². The van der Waals surface area contributed by atoms with E-state index in [1.165, 1.54) is 6.07 Å². The summed E-state index contributed by atoms with van der Waals surface area (Å²) >= 11 is 0. The highest BCUT2D eigenvalue weighted by Gasteiger charge is 2.30. The summed E-state index contributed by atoms with van der Waals surface area (Å²) in [4.78, 5) is 25.9. The Balaban J connectivity index is 1.34. The molecule has 34 heavy (non-hydrogen) atoms. The van der Waals surface area contributed by atoms with E-state index in [0.29, 0.717) is 25.3 Å². The van der Waals surface area contributed by atoms with E-state index in [4.69, 9.17) is 14.2 Å². The van der Waals surface area contributed by atoms with Gasteiger partial charge < -0.3 is 24.4 Å². The predicted molar refractivity (Wildman–Crippen MR) is 117 cm³/mol. The monoisotopic (exact) mass is 480 g/mol. The standard InChI is InChI=1S/C24H27F3N2O5/c25-24(26,27)20-8-4-7-19(13-20)15-32-17-21-14-29(11-12-33-21)22(30)9-10-28-23(31)34-16-18-5-2-1-3-6-18/h1-8,13,21H,9-12,14-17H2,(H,28,31)/t21-/m1/s1. The first-order valence-electron chi connectivity index (χ1n) is 10.9. The number of ether oxygens (including phenoxy) is 3. The van der Waals surface area contributed by atoms with Gasteiger partial charge in [-0.2, -0.15) is 13.2 Å². The van der Waals surface area contributed by atoms with Gasteiger partial charge in [-0.1, -0.05) is 42.5 Å². The summed E-state index contributed by atoms with van der Waals surface area (Å²) in [5, 5.41) is 2.56. The number of carbonyl (C=O) groups is 2. The SMILES string of the molecule is O=C(NCCC(=O)N1CCO[C@@H](COCc2cccc(C(F)(F)F)c2)C1)OCc1ccccc1. The molecule has 184 valence electrons. The number of hydrogen-bond donors (Lipinski definition) is 1. The number of carbonyl (C=O) groups excluding carboxylic acids is 2.